The minimum absolute atomic E-state index is 0.0188. The number of likely N-dealkylation sites (N-methyl/N-ethyl adjacent to an activating group) is 1. The summed E-state index contributed by atoms with van der Waals surface area (Å²) in [6.45, 7) is 6.91. The van der Waals surface area contributed by atoms with E-state index < -0.39 is 21.3 Å². The highest BCUT2D eigenvalue weighted by molar-refractivity contribution is 7.91. The fourth-order valence-electron chi connectivity index (χ4n) is 2.08. The van der Waals surface area contributed by atoms with Crippen molar-refractivity contribution < 1.29 is 18.3 Å². The van der Waals surface area contributed by atoms with Crippen LogP contribution in [0.5, 0.6) is 0 Å². The zero-order valence-electron chi connectivity index (χ0n) is 12.3. The summed E-state index contributed by atoms with van der Waals surface area (Å²) in [4.78, 5) is 13.2. The van der Waals surface area contributed by atoms with E-state index in [-0.39, 0.29) is 10.6 Å². The number of rotatable bonds is 6. The molecule has 0 atom stereocenters. The van der Waals surface area contributed by atoms with E-state index >= 15 is 0 Å². The van der Waals surface area contributed by atoms with E-state index in [1.807, 2.05) is 0 Å². The Kier molecular flexibility index (Phi) is 4.81. The van der Waals surface area contributed by atoms with E-state index in [1.54, 1.807) is 50.8 Å². The van der Waals surface area contributed by atoms with Crippen LogP contribution in [0.25, 0.3) is 0 Å². The lowest BCUT2D eigenvalue weighted by Gasteiger charge is -2.37. The number of carboxylic acids is 1. The molecule has 0 unspecified atom stereocenters. The van der Waals surface area contributed by atoms with Crippen LogP contribution in [0, 0.1) is 0 Å². The summed E-state index contributed by atoms with van der Waals surface area (Å²) >= 11 is 0. The van der Waals surface area contributed by atoms with E-state index in [4.69, 9.17) is 0 Å². The van der Waals surface area contributed by atoms with Gasteiger partial charge in [-0.25, -0.2) is 13.2 Å². The second-order valence-corrected chi connectivity index (χ2v) is 7.23. The van der Waals surface area contributed by atoms with Gasteiger partial charge in [0.15, 0.2) is 9.84 Å². The summed E-state index contributed by atoms with van der Waals surface area (Å²) in [5, 5.41) is 9.36. The molecule has 0 amide bonds. The molecule has 1 rings (SSSR count). The van der Waals surface area contributed by atoms with Crippen LogP contribution in [0.4, 0.5) is 5.69 Å². The number of carboxylic acid groups (broad SMARTS) is 1. The molecule has 0 aliphatic carbocycles. The maximum absolute atomic E-state index is 12.2. The number of hydrogen-bond acceptors (Lipinski definition) is 4. The van der Waals surface area contributed by atoms with Crippen LogP contribution in [0.15, 0.2) is 29.2 Å². The topological polar surface area (TPSA) is 74.7 Å². The van der Waals surface area contributed by atoms with Crippen LogP contribution in [0.2, 0.25) is 0 Å². The number of para-hydroxylation sites is 1. The first-order valence-electron chi connectivity index (χ1n) is 6.51. The van der Waals surface area contributed by atoms with Crippen molar-refractivity contribution in [1.82, 2.24) is 0 Å². The number of anilines is 1. The summed E-state index contributed by atoms with van der Waals surface area (Å²) in [6.07, 6.45) is 0. The predicted molar refractivity (Wildman–Crippen MR) is 78.9 cm³/mol. The molecule has 0 saturated heterocycles. The molecule has 1 aromatic carbocycles. The van der Waals surface area contributed by atoms with Crippen molar-refractivity contribution in [2.75, 3.05) is 17.2 Å². The Hall–Kier alpha value is -1.56. The van der Waals surface area contributed by atoms with Crippen molar-refractivity contribution >= 4 is 21.5 Å². The summed E-state index contributed by atoms with van der Waals surface area (Å²) in [7, 11) is -3.40. The van der Waals surface area contributed by atoms with Gasteiger partial charge in [0, 0.05) is 6.54 Å². The largest absolute Gasteiger partial charge is 0.480 e. The predicted octanol–water partition coefficient (Wildman–Crippen LogP) is 2.17. The first kappa shape index (κ1) is 16.5. The highest BCUT2D eigenvalue weighted by Crippen LogP contribution is 2.31. The second-order valence-electron chi connectivity index (χ2n) is 4.98. The number of sulfone groups is 1. The van der Waals surface area contributed by atoms with Gasteiger partial charge in [-0.2, -0.15) is 0 Å². The first-order valence-corrected chi connectivity index (χ1v) is 8.16. The fourth-order valence-corrected chi connectivity index (χ4v) is 3.17. The van der Waals surface area contributed by atoms with Gasteiger partial charge in [-0.05, 0) is 32.9 Å². The molecule has 1 aromatic rings. The van der Waals surface area contributed by atoms with Gasteiger partial charge in [0.25, 0.3) is 0 Å². The van der Waals surface area contributed by atoms with Gasteiger partial charge >= 0.3 is 5.97 Å². The van der Waals surface area contributed by atoms with Crippen molar-refractivity contribution in [1.29, 1.82) is 0 Å². The molecule has 112 valence electrons. The zero-order valence-corrected chi connectivity index (χ0v) is 13.1. The quantitative estimate of drug-likeness (QED) is 0.871. The van der Waals surface area contributed by atoms with Gasteiger partial charge in [-0.1, -0.05) is 19.1 Å². The lowest BCUT2D eigenvalue weighted by molar-refractivity contribution is -0.142. The molecule has 5 nitrogen and oxygen atoms in total. The van der Waals surface area contributed by atoms with Crippen molar-refractivity contribution in [2.45, 2.75) is 38.1 Å². The Morgan fingerprint density at radius 1 is 1.25 bits per heavy atom. The molecule has 0 saturated carbocycles. The third kappa shape index (κ3) is 2.95. The van der Waals surface area contributed by atoms with Gasteiger partial charge in [-0.15, -0.1) is 0 Å². The molecule has 0 aliphatic rings. The highest BCUT2D eigenvalue weighted by atomic mass is 32.2. The van der Waals surface area contributed by atoms with E-state index in [1.165, 1.54) is 6.07 Å². The Morgan fingerprint density at radius 3 is 2.25 bits per heavy atom. The number of nitrogens with zero attached hydrogens (tertiary/aromatic N) is 1. The van der Waals surface area contributed by atoms with Crippen LogP contribution in [-0.2, 0) is 14.6 Å². The van der Waals surface area contributed by atoms with Crippen molar-refractivity contribution in [3.8, 4) is 0 Å². The molecule has 0 radical (unpaired) electrons. The molecule has 0 aliphatic heterocycles. The van der Waals surface area contributed by atoms with Crippen LogP contribution in [0.1, 0.15) is 27.7 Å². The summed E-state index contributed by atoms with van der Waals surface area (Å²) in [5.41, 5.74) is -0.752. The lowest BCUT2D eigenvalue weighted by atomic mass is 10.0. The molecule has 0 bridgehead atoms. The lowest BCUT2D eigenvalue weighted by Crippen LogP contribution is -2.50. The number of carbonyl (C=O) groups is 1. The normalized spacial score (nSPS) is 12.2. The monoisotopic (exact) mass is 299 g/mol. The van der Waals surface area contributed by atoms with E-state index in [9.17, 15) is 18.3 Å². The summed E-state index contributed by atoms with van der Waals surface area (Å²) < 4.78 is 24.3. The minimum atomic E-state index is -3.40. The fraction of sp³-hybridized carbons (Fsp3) is 0.500. The molecule has 0 fully saturated rings. The first-order chi connectivity index (χ1) is 9.18. The second kappa shape index (κ2) is 5.83. The van der Waals surface area contributed by atoms with Crippen LogP contribution in [-0.4, -0.2) is 37.3 Å². The van der Waals surface area contributed by atoms with E-state index in [2.05, 4.69) is 0 Å². The standard InChI is InChI=1S/C14H21NO4S/c1-5-15(14(3,4)13(16)17)11-9-7-8-10-12(11)20(18,19)6-2/h7-10H,5-6H2,1-4H3,(H,16,17). The molecule has 0 spiro atoms. The van der Waals surface area contributed by atoms with Gasteiger partial charge in [0.1, 0.15) is 5.54 Å². The Balaban J connectivity index is 3.50. The van der Waals surface area contributed by atoms with Gasteiger partial charge in [-0.3, -0.25) is 0 Å². The van der Waals surface area contributed by atoms with Crippen LogP contribution < -0.4 is 4.90 Å². The Bertz CT molecular complexity index is 593. The van der Waals surface area contributed by atoms with Gasteiger partial charge in [0.2, 0.25) is 0 Å². The molecule has 0 aromatic heterocycles. The maximum atomic E-state index is 12.2. The number of aliphatic carboxylic acids is 1. The molecule has 0 heterocycles. The third-order valence-electron chi connectivity index (χ3n) is 3.39. The van der Waals surface area contributed by atoms with Gasteiger partial charge < -0.3 is 10.0 Å². The number of benzene rings is 1. The average Bonchev–Trinajstić information content (AvgIpc) is 2.39. The van der Waals surface area contributed by atoms with E-state index in [0.29, 0.717) is 12.2 Å². The minimum Gasteiger partial charge on any atom is -0.480 e. The van der Waals surface area contributed by atoms with Crippen LogP contribution >= 0.6 is 0 Å². The van der Waals surface area contributed by atoms with Crippen molar-refractivity contribution in [3.63, 3.8) is 0 Å². The Labute approximate surface area is 120 Å². The van der Waals surface area contributed by atoms with E-state index in [0.717, 1.165) is 0 Å². The zero-order chi connectivity index (χ0) is 15.6. The van der Waals surface area contributed by atoms with Crippen molar-refractivity contribution in [2.24, 2.45) is 0 Å². The van der Waals surface area contributed by atoms with Crippen molar-refractivity contribution in [3.05, 3.63) is 24.3 Å². The maximum Gasteiger partial charge on any atom is 0.328 e. The molecular weight excluding hydrogens is 278 g/mol. The molecule has 6 heteroatoms. The number of hydrogen-bond donors (Lipinski definition) is 1. The Morgan fingerprint density at radius 2 is 1.80 bits per heavy atom. The molecule has 1 N–H and O–H groups in total. The SMILES string of the molecule is CCN(c1ccccc1S(=O)(=O)CC)C(C)(C)C(=O)O. The summed E-state index contributed by atoms with van der Waals surface area (Å²) in [6, 6.07) is 6.53. The third-order valence-corrected chi connectivity index (χ3v) is 5.16. The summed E-state index contributed by atoms with van der Waals surface area (Å²) in [5.74, 6) is -1.02. The highest BCUT2D eigenvalue weighted by Gasteiger charge is 2.36. The molecular formula is C14H21NO4S. The average molecular weight is 299 g/mol. The van der Waals surface area contributed by atoms with Gasteiger partial charge in [0.05, 0.1) is 16.3 Å². The van der Waals surface area contributed by atoms with Crippen LogP contribution in [0.3, 0.4) is 0 Å². The molecule has 20 heavy (non-hydrogen) atoms. The smallest absolute Gasteiger partial charge is 0.328 e.